The van der Waals surface area contributed by atoms with Gasteiger partial charge in [-0.3, -0.25) is 4.55 Å². The number of unbranched alkanes of at least 4 members (excludes halogenated alkanes) is 11. The van der Waals surface area contributed by atoms with Crippen LogP contribution in [0, 0.1) is 0 Å². The zero-order chi connectivity index (χ0) is 23.8. The molecule has 31 heavy (non-hydrogen) atoms. The molecule has 0 aliphatic carbocycles. The van der Waals surface area contributed by atoms with Crippen LogP contribution in [0.15, 0.2) is 0 Å². The highest BCUT2D eigenvalue weighted by Crippen LogP contribution is 2.61. The maximum absolute atomic E-state index is 10.4. The molecule has 0 spiro atoms. The van der Waals surface area contributed by atoms with Gasteiger partial charge in [-0.05, 0) is 32.1 Å². The highest BCUT2D eigenvalue weighted by molar-refractivity contribution is 7.85. The van der Waals surface area contributed by atoms with Crippen LogP contribution in [0.3, 0.4) is 0 Å². The van der Waals surface area contributed by atoms with Crippen molar-refractivity contribution in [2.45, 2.75) is 137 Å². The van der Waals surface area contributed by atoms with E-state index < -0.39 is 17.4 Å². The molecule has 0 radical (unpaired) electrons. The Bertz CT molecular complexity index is 414. The first-order chi connectivity index (χ1) is 14.8. The molecule has 0 aromatic carbocycles. The van der Waals surface area contributed by atoms with Gasteiger partial charge in [-0.2, -0.15) is 8.42 Å². The third kappa shape index (κ3) is 24.8. The fourth-order valence-corrected chi connectivity index (χ4v) is 9.92. The molecule has 0 bridgehead atoms. The second-order valence-electron chi connectivity index (χ2n) is 9.41. The Morgan fingerprint density at radius 1 is 0.484 bits per heavy atom. The van der Waals surface area contributed by atoms with E-state index in [9.17, 15) is 8.42 Å². The van der Waals surface area contributed by atoms with Gasteiger partial charge in [0.1, 0.15) is 0 Å². The minimum atomic E-state index is -3.73. The summed E-state index contributed by atoms with van der Waals surface area (Å²) in [6, 6.07) is 0. The van der Waals surface area contributed by atoms with Gasteiger partial charge in [-0.1, -0.05) is 105 Å². The quantitative estimate of drug-likeness (QED) is 0.101. The van der Waals surface area contributed by atoms with Crippen LogP contribution >= 0.6 is 7.26 Å². The highest BCUT2D eigenvalue weighted by Gasteiger charge is 2.34. The Balaban J connectivity index is 0. The SMILES string of the molecule is CCCCCCCCCCS(=O)(=O)O.CCCC[P+](CCCC)(CCCC)CCCC. The predicted octanol–water partition coefficient (Wildman–Crippen LogP) is 9.22. The lowest BCUT2D eigenvalue weighted by molar-refractivity contribution is 0.478. The Labute approximate surface area is 198 Å². The summed E-state index contributed by atoms with van der Waals surface area (Å²) in [4.78, 5) is 0. The van der Waals surface area contributed by atoms with Crippen LogP contribution < -0.4 is 0 Å². The van der Waals surface area contributed by atoms with Crippen molar-refractivity contribution in [3.63, 3.8) is 0 Å². The average molecular weight is 482 g/mol. The third-order valence-corrected chi connectivity index (χ3v) is 12.1. The molecule has 0 aromatic heterocycles. The largest absolute Gasteiger partial charge is 0.286 e. The van der Waals surface area contributed by atoms with Gasteiger partial charge < -0.3 is 0 Å². The van der Waals surface area contributed by atoms with Crippen LogP contribution in [0.5, 0.6) is 0 Å². The number of rotatable bonds is 21. The molecular formula is C26H58O3PS+. The van der Waals surface area contributed by atoms with E-state index in [1.54, 1.807) is 24.6 Å². The Morgan fingerprint density at radius 3 is 1.06 bits per heavy atom. The molecule has 0 aliphatic heterocycles. The monoisotopic (exact) mass is 481 g/mol. The lowest BCUT2D eigenvalue weighted by Crippen LogP contribution is -2.12. The molecule has 0 saturated heterocycles. The Hall–Kier alpha value is 0.340. The fraction of sp³-hybridized carbons (Fsp3) is 1.00. The lowest BCUT2D eigenvalue weighted by Gasteiger charge is -2.28. The smallest absolute Gasteiger partial charge is 0.264 e. The molecule has 3 nitrogen and oxygen atoms in total. The van der Waals surface area contributed by atoms with Gasteiger partial charge in [-0.25, -0.2) is 0 Å². The van der Waals surface area contributed by atoms with Crippen LogP contribution in [0.1, 0.15) is 137 Å². The van der Waals surface area contributed by atoms with Crippen molar-refractivity contribution in [2.75, 3.05) is 30.4 Å². The molecule has 0 amide bonds. The van der Waals surface area contributed by atoms with Crippen molar-refractivity contribution in [1.29, 1.82) is 0 Å². The lowest BCUT2D eigenvalue weighted by atomic mass is 10.1. The predicted molar refractivity (Wildman–Crippen MR) is 145 cm³/mol. The minimum Gasteiger partial charge on any atom is -0.286 e. The summed E-state index contributed by atoms with van der Waals surface area (Å²) in [5.74, 6) is -0.0814. The first kappa shape index (κ1) is 33.5. The molecule has 0 aromatic rings. The molecule has 0 rings (SSSR count). The van der Waals surface area contributed by atoms with Gasteiger partial charge in [0.15, 0.2) is 0 Å². The molecule has 190 valence electrons. The summed E-state index contributed by atoms with van der Waals surface area (Å²) in [5.41, 5.74) is 0. The molecule has 0 saturated carbocycles. The Morgan fingerprint density at radius 2 is 0.774 bits per heavy atom. The second kappa shape index (κ2) is 23.5. The van der Waals surface area contributed by atoms with Crippen LogP contribution in [0.25, 0.3) is 0 Å². The van der Waals surface area contributed by atoms with E-state index in [1.807, 2.05) is 0 Å². The van der Waals surface area contributed by atoms with Gasteiger partial charge in [0, 0.05) is 7.26 Å². The summed E-state index contributed by atoms with van der Waals surface area (Å²) in [6.45, 7) is 11.6. The van der Waals surface area contributed by atoms with Gasteiger partial charge in [0.25, 0.3) is 10.1 Å². The molecule has 0 atom stereocenters. The molecular weight excluding hydrogens is 423 g/mol. The Kier molecular flexibility index (Phi) is 25.4. The summed E-state index contributed by atoms with van der Waals surface area (Å²) >= 11 is 0. The van der Waals surface area contributed by atoms with Crippen molar-refractivity contribution in [1.82, 2.24) is 0 Å². The molecule has 0 unspecified atom stereocenters. The van der Waals surface area contributed by atoms with Crippen molar-refractivity contribution in [2.24, 2.45) is 0 Å². The second-order valence-corrected chi connectivity index (χ2v) is 15.5. The average Bonchev–Trinajstić information content (AvgIpc) is 2.74. The standard InChI is InChI=1S/C16H36P.C10H22O3S/c1-5-9-13-17(14-10-6-2,15-11-7-3)16-12-8-4;1-2-3-4-5-6-7-8-9-10-14(11,12)13/h5-16H2,1-4H3;2-10H2,1H3,(H,11,12,13)/q+1;. The van der Waals surface area contributed by atoms with E-state index >= 15 is 0 Å². The van der Waals surface area contributed by atoms with Crippen molar-refractivity contribution in [3.8, 4) is 0 Å². The van der Waals surface area contributed by atoms with E-state index in [0.29, 0.717) is 6.42 Å². The van der Waals surface area contributed by atoms with Crippen LogP contribution in [0.4, 0.5) is 0 Å². The number of hydrogen-bond donors (Lipinski definition) is 1. The topological polar surface area (TPSA) is 54.4 Å². The van der Waals surface area contributed by atoms with E-state index in [4.69, 9.17) is 4.55 Å². The normalized spacial score (nSPS) is 11.9. The molecule has 5 heteroatoms. The van der Waals surface area contributed by atoms with Crippen LogP contribution in [0.2, 0.25) is 0 Å². The maximum atomic E-state index is 10.4. The minimum absolute atomic E-state index is 0.0814. The first-order valence-electron chi connectivity index (χ1n) is 13.6. The zero-order valence-corrected chi connectivity index (χ0v) is 23.7. The molecule has 0 heterocycles. The van der Waals surface area contributed by atoms with E-state index in [0.717, 1.165) is 12.8 Å². The van der Waals surface area contributed by atoms with E-state index in [2.05, 4.69) is 34.6 Å². The van der Waals surface area contributed by atoms with Gasteiger partial charge >= 0.3 is 0 Å². The van der Waals surface area contributed by atoms with Gasteiger partial charge in [0.05, 0.1) is 30.4 Å². The summed E-state index contributed by atoms with van der Waals surface area (Å²) in [5, 5.41) is 0. The van der Waals surface area contributed by atoms with Crippen molar-refractivity contribution in [3.05, 3.63) is 0 Å². The summed E-state index contributed by atoms with van der Waals surface area (Å²) in [6.07, 6.45) is 26.8. The molecule has 0 aliphatic rings. The molecule has 1 N–H and O–H groups in total. The van der Waals surface area contributed by atoms with Gasteiger partial charge in [-0.15, -0.1) is 0 Å². The third-order valence-electron chi connectivity index (χ3n) is 6.20. The van der Waals surface area contributed by atoms with Crippen LogP contribution in [-0.2, 0) is 10.1 Å². The maximum Gasteiger partial charge on any atom is 0.264 e. The fourth-order valence-electron chi connectivity index (χ4n) is 4.06. The van der Waals surface area contributed by atoms with E-state index in [-0.39, 0.29) is 5.75 Å². The van der Waals surface area contributed by atoms with Crippen molar-refractivity contribution >= 4 is 17.4 Å². The number of hydrogen-bond acceptors (Lipinski definition) is 2. The van der Waals surface area contributed by atoms with Crippen molar-refractivity contribution < 1.29 is 13.0 Å². The van der Waals surface area contributed by atoms with E-state index in [1.165, 1.54) is 83.5 Å². The van der Waals surface area contributed by atoms with Crippen LogP contribution in [-0.4, -0.2) is 43.4 Å². The highest BCUT2D eigenvalue weighted by atomic mass is 32.2. The van der Waals surface area contributed by atoms with Gasteiger partial charge in [0.2, 0.25) is 0 Å². The zero-order valence-electron chi connectivity index (χ0n) is 22.0. The summed E-state index contributed by atoms with van der Waals surface area (Å²) < 4.78 is 29.2. The molecule has 0 fully saturated rings. The first-order valence-corrected chi connectivity index (χ1v) is 17.7. The summed E-state index contributed by atoms with van der Waals surface area (Å²) in [7, 11) is -4.29.